The van der Waals surface area contributed by atoms with Gasteiger partial charge in [0.15, 0.2) is 23.6 Å². The SMILES string of the molecule is CCC(=O)OCC1=CC2C(=O)C3(C=C(C)C(OC(=O)CC)C3(O)C1OC(=O)CC)C(C)CC1C2C1(C)C. The lowest BCUT2D eigenvalue weighted by molar-refractivity contribution is -0.212. The molecule has 2 bridgehead atoms. The molecule has 0 aromatic heterocycles. The number of Topliss-reactive ketones (excluding diaryl/α,β-unsaturated/α-hetero) is 1. The van der Waals surface area contributed by atoms with E-state index in [4.69, 9.17) is 14.2 Å². The van der Waals surface area contributed by atoms with Gasteiger partial charge in [0.1, 0.15) is 6.61 Å². The zero-order valence-corrected chi connectivity index (χ0v) is 23.0. The van der Waals surface area contributed by atoms with Crippen molar-refractivity contribution in [3.05, 3.63) is 23.3 Å². The number of ether oxygens (including phenoxy) is 3. The molecule has 0 aromatic carbocycles. The monoisotopic (exact) mass is 516 g/mol. The van der Waals surface area contributed by atoms with Crippen LogP contribution in [0.1, 0.15) is 74.1 Å². The van der Waals surface area contributed by atoms with E-state index >= 15 is 0 Å². The summed E-state index contributed by atoms with van der Waals surface area (Å²) in [6.45, 7) is 12.7. The molecule has 8 atom stereocenters. The Morgan fingerprint density at radius 1 is 1.00 bits per heavy atom. The van der Waals surface area contributed by atoms with Gasteiger partial charge in [-0.3, -0.25) is 19.2 Å². The summed E-state index contributed by atoms with van der Waals surface area (Å²) in [5.74, 6) is -2.32. The van der Waals surface area contributed by atoms with Crippen LogP contribution in [0, 0.1) is 34.5 Å². The Morgan fingerprint density at radius 3 is 2.14 bits per heavy atom. The Bertz CT molecular complexity index is 1070. The van der Waals surface area contributed by atoms with E-state index in [1.165, 1.54) is 0 Å². The summed E-state index contributed by atoms with van der Waals surface area (Å²) in [6.07, 6.45) is 1.95. The van der Waals surface area contributed by atoms with Crippen LogP contribution in [0.3, 0.4) is 0 Å². The molecule has 8 nitrogen and oxygen atoms in total. The summed E-state index contributed by atoms with van der Waals surface area (Å²) in [5.41, 5.74) is -2.73. The number of aliphatic hydroxyl groups is 1. The summed E-state index contributed by atoms with van der Waals surface area (Å²) < 4.78 is 17.2. The minimum Gasteiger partial charge on any atom is -0.461 e. The van der Waals surface area contributed by atoms with E-state index in [0.717, 1.165) is 0 Å². The fraction of sp³-hybridized carbons (Fsp3) is 0.724. The van der Waals surface area contributed by atoms with Crippen molar-refractivity contribution in [3.63, 3.8) is 0 Å². The van der Waals surface area contributed by atoms with Crippen LogP contribution in [0.4, 0.5) is 0 Å². The topological polar surface area (TPSA) is 116 Å². The van der Waals surface area contributed by atoms with Crippen molar-refractivity contribution < 1.29 is 38.5 Å². The van der Waals surface area contributed by atoms with Gasteiger partial charge in [-0.2, -0.15) is 0 Å². The van der Waals surface area contributed by atoms with Crippen LogP contribution in [0.5, 0.6) is 0 Å². The minimum atomic E-state index is -2.09. The van der Waals surface area contributed by atoms with Gasteiger partial charge in [-0.05, 0) is 42.1 Å². The summed E-state index contributed by atoms with van der Waals surface area (Å²) in [4.78, 5) is 52.1. The Kier molecular flexibility index (Phi) is 6.97. The molecule has 1 N–H and O–H groups in total. The van der Waals surface area contributed by atoms with Crippen LogP contribution < -0.4 is 0 Å². The normalized spacial score (nSPS) is 39.2. The third kappa shape index (κ3) is 3.89. The molecule has 4 rings (SSSR count). The summed E-state index contributed by atoms with van der Waals surface area (Å²) >= 11 is 0. The number of rotatable bonds is 7. The zero-order valence-electron chi connectivity index (χ0n) is 23.0. The summed E-state index contributed by atoms with van der Waals surface area (Å²) in [5, 5.41) is 12.9. The molecular formula is C29H40O8. The third-order valence-corrected chi connectivity index (χ3v) is 9.45. The largest absolute Gasteiger partial charge is 0.461 e. The van der Waals surface area contributed by atoms with Crippen molar-refractivity contribution in [2.75, 3.05) is 6.61 Å². The Hall–Kier alpha value is -2.48. The van der Waals surface area contributed by atoms with Gasteiger partial charge in [0.2, 0.25) is 0 Å². The average Bonchev–Trinajstić information content (AvgIpc) is 3.35. The van der Waals surface area contributed by atoms with Gasteiger partial charge in [0.25, 0.3) is 0 Å². The smallest absolute Gasteiger partial charge is 0.306 e. The predicted molar refractivity (Wildman–Crippen MR) is 134 cm³/mol. The lowest BCUT2D eigenvalue weighted by Gasteiger charge is -2.49. The second kappa shape index (κ2) is 9.37. The third-order valence-electron chi connectivity index (χ3n) is 9.45. The number of allylic oxidation sites excluding steroid dienone is 1. The van der Waals surface area contributed by atoms with Gasteiger partial charge in [-0.15, -0.1) is 0 Å². The van der Waals surface area contributed by atoms with Crippen LogP contribution in [0.25, 0.3) is 0 Å². The molecule has 0 saturated heterocycles. The first-order chi connectivity index (χ1) is 17.3. The Labute approximate surface area is 218 Å². The Morgan fingerprint density at radius 2 is 1.57 bits per heavy atom. The van der Waals surface area contributed by atoms with Crippen molar-refractivity contribution in [3.8, 4) is 0 Å². The number of fused-ring (bicyclic) bond motifs is 3. The fourth-order valence-corrected chi connectivity index (χ4v) is 7.42. The number of ketones is 1. The van der Waals surface area contributed by atoms with Crippen molar-refractivity contribution in [1.82, 2.24) is 0 Å². The van der Waals surface area contributed by atoms with Gasteiger partial charge in [-0.1, -0.05) is 53.7 Å². The maximum atomic E-state index is 14.6. The van der Waals surface area contributed by atoms with Crippen LogP contribution in [0.15, 0.2) is 23.3 Å². The van der Waals surface area contributed by atoms with Crippen molar-refractivity contribution >= 4 is 23.7 Å². The van der Waals surface area contributed by atoms with Crippen LogP contribution in [-0.4, -0.2) is 53.2 Å². The second-order valence-electron chi connectivity index (χ2n) is 11.8. The Balaban J connectivity index is 1.97. The minimum absolute atomic E-state index is 0.0366. The van der Waals surface area contributed by atoms with E-state index in [0.29, 0.717) is 17.6 Å². The van der Waals surface area contributed by atoms with E-state index in [-0.39, 0.29) is 54.8 Å². The van der Waals surface area contributed by atoms with E-state index < -0.39 is 47.0 Å². The number of hydrogen-bond donors (Lipinski definition) is 1. The predicted octanol–water partition coefficient (Wildman–Crippen LogP) is 3.70. The van der Waals surface area contributed by atoms with E-state index in [1.54, 1.807) is 39.8 Å². The molecule has 204 valence electrons. The van der Waals surface area contributed by atoms with Gasteiger partial charge < -0.3 is 19.3 Å². The highest BCUT2D eigenvalue weighted by Gasteiger charge is 2.77. The number of carbonyl (C=O) groups is 4. The summed E-state index contributed by atoms with van der Waals surface area (Å²) in [7, 11) is 0. The highest BCUT2D eigenvalue weighted by molar-refractivity contribution is 5.95. The van der Waals surface area contributed by atoms with Crippen LogP contribution in [-0.2, 0) is 33.4 Å². The lowest BCUT2D eigenvalue weighted by Crippen LogP contribution is -2.66. The molecule has 37 heavy (non-hydrogen) atoms. The molecular weight excluding hydrogens is 476 g/mol. The zero-order chi connectivity index (χ0) is 27.5. The van der Waals surface area contributed by atoms with Crippen LogP contribution in [0.2, 0.25) is 0 Å². The molecule has 2 fully saturated rings. The maximum absolute atomic E-state index is 14.6. The quantitative estimate of drug-likeness (QED) is 0.309. The van der Waals surface area contributed by atoms with Gasteiger partial charge in [0.05, 0.1) is 5.41 Å². The van der Waals surface area contributed by atoms with Gasteiger partial charge >= 0.3 is 17.9 Å². The standard InChI is InChI=1S/C29H40O8/c1-8-20(30)35-14-17-12-18-23-19(27(23,6)7)11-16(5)28(24(18)33)13-15(4)25(36-21(31)9-2)29(28,34)26(17)37-22(32)10-3/h12-13,16,18-19,23,25-26,34H,8-11,14H2,1-7H3. The fourth-order valence-electron chi connectivity index (χ4n) is 7.42. The van der Waals surface area contributed by atoms with Crippen LogP contribution >= 0.6 is 0 Å². The molecule has 0 aromatic rings. The first kappa shape index (κ1) is 27.6. The molecule has 2 saturated carbocycles. The second-order valence-corrected chi connectivity index (χ2v) is 11.8. The average molecular weight is 517 g/mol. The molecule has 4 aliphatic carbocycles. The van der Waals surface area contributed by atoms with Gasteiger partial charge in [0, 0.05) is 30.8 Å². The lowest BCUT2D eigenvalue weighted by atomic mass is 9.59. The number of carbonyl (C=O) groups excluding carboxylic acids is 4. The van der Waals surface area contributed by atoms with Crippen molar-refractivity contribution in [1.29, 1.82) is 0 Å². The molecule has 0 aliphatic heterocycles. The molecule has 0 amide bonds. The molecule has 8 heteroatoms. The first-order valence-corrected chi connectivity index (χ1v) is 13.5. The maximum Gasteiger partial charge on any atom is 0.306 e. The molecule has 0 heterocycles. The summed E-state index contributed by atoms with van der Waals surface area (Å²) in [6, 6.07) is 0. The van der Waals surface area contributed by atoms with E-state index in [2.05, 4.69) is 13.8 Å². The van der Waals surface area contributed by atoms with E-state index in [9.17, 15) is 24.3 Å². The number of esters is 3. The highest BCUT2D eigenvalue weighted by atomic mass is 16.6. The molecule has 8 unspecified atom stereocenters. The van der Waals surface area contributed by atoms with Crippen molar-refractivity contribution in [2.24, 2.45) is 34.5 Å². The van der Waals surface area contributed by atoms with Crippen molar-refractivity contribution in [2.45, 2.75) is 92.0 Å². The van der Waals surface area contributed by atoms with E-state index in [1.807, 2.05) is 6.92 Å². The highest BCUT2D eigenvalue weighted by Crippen LogP contribution is 2.72. The molecule has 4 aliphatic rings. The first-order valence-electron chi connectivity index (χ1n) is 13.5. The van der Waals surface area contributed by atoms with Gasteiger partial charge in [-0.25, -0.2) is 0 Å². The molecule has 1 spiro atoms. The molecule has 0 radical (unpaired) electrons. The number of hydrogen-bond acceptors (Lipinski definition) is 8.